The highest BCUT2D eigenvalue weighted by molar-refractivity contribution is 5.44. The highest BCUT2D eigenvalue weighted by Crippen LogP contribution is 2.24. The zero-order valence-electron chi connectivity index (χ0n) is 11.2. The van der Waals surface area contributed by atoms with Crippen molar-refractivity contribution in [2.45, 2.75) is 38.7 Å². The second-order valence-electron chi connectivity index (χ2n) is 5.50. The molecule has 0 amide bonds. The minimum Gasteiger partial charge on any atom is -0.393 e. The van der Waals surface area contributed by atoms with E-state index in [0.29, 0.717) is 11.9 Å². The lowest BCUT2D eigenvalue weighted by Crippen LogP contribution is -2.23. The number of aromatic nitrogens is 3. The van der Waals surface area contributed by atoms with Gasteiger partial charge in [0.1, 0.15) is 0 Å². The normalized spacial score (nSPS) is 23.7. The highest BCUT2D eigenvalue weighted by atomic mass is 16.3. The summed E-state index contributed by atoms with van der Waals surface area (Å²) in [7, 11) is 0. The van der Waals surface area contributed by atoms with Crippen LogP contribution in [0.2, 0.25) is 0 Å². The third kappa shape index (κ3) is 2.87. The zero-order valence-corrected chi connectivity index (χ0v) is 11.2. The quantitative estimate of drug-likeness (QED) is 0.886. The average molecular weight is 260 g/mol. The van der Waals surface area contributed by atoms with Gasteiger partial charge in [0.15, 0.2) is 5.65 Å². The third-order valence-corrected chi connectivity index (χ3v) is 3.84. The van der Waals surface area contributed by atoms with E-state index in [2.05, 4.69) is 15.4 Å². The summed E-state index contributed by atoms with van der Waals surface area (Å²) in [5, 5.41) is 17.2. The van der Waals surface area contributed by atoms with E-state index in [9.17, 15) is 5.11 Å². The van der Waals surface area contributed by atoms with Gasteiger partial charge in [-0.25, -0.2) is 4.52 Å². The van der Waals surface area contributed by atoms with Gasteiger partial charge in [-0.2, -0.15) is 4.98 Å². The van der Waals surface area contributed by atoms with Gasteiger partial charge in [-0.15, -0.1) is 5.10 Å². The van der Waals surface area contributed by atoms with E-state index in [1.807, 2.05) is 29.8 Å². The fourth-order valence-corrected chi connectivity index (χ4v) is 2.65. The summed E-state index contributed by atoms with van der Waals surface area (Å²) in [4.78, 5) is 4.44. The number of hydrogen-bond acceptors (Lipinski definition) is 4. The monoisotopic (exact) mass is 260 g/mol. The van der Waals surface area contributed by atoms with Gasteiger partial charge in [0, 0.05) is 12.7 Å². The molecule has 1 fully saturated rings. The Labute approximate surface area is 112 Å². The van der Waals surface area contributed by atoms with E-state index in [-0.39, 0.29) is 6.10 Å². The number of nitrogens with zero attached hydrogens (tertiary/aromatic N) is 3. The van der Waals surface area contributed by atoms with Crippen LogP contribution in [0.3, 0.4) is 0 Å². The van der Waals surface area contributed by atoms with Crippen molar-refractivity contribution in [1.29, 1.82) is 0 Å². The highest BCUT2D eigenvalue weighted by Gasteiger charge is 2.19. The molecule has 2 aromatic rings. The smallest absolute Gasteiger partial charge is 0.243 e. The van der Waals surface area contributed by atoms with Gasteiger partial charge in [0.05, 0.1) is 6.10 Å². The van der Waals surface area contributed by atoms with Gasteiger partial charge in [0.2, 0.25) is 5.95 Å². The van der Waals surface area contributed by atoms with Gasteiger partial charge >= 0.3 is 0 Å². The fraction of sp³-hybridized carbons (Fsp3) is 0.571. The van der Waals surface area contributed by atoms with E-state index < -0.39 is 0 Å². The molecule has 0 aromatic carbocycles. The molecule has 0 atom stereocenters. The Balaban J connectivity index is 1.62. The van der Waals surface area contributed by atoms with Crippen molar-refractivity contribution >= 4 is 11.6 Å². The molecule has 3 rings (SSSR count). The largest absolute Gasteiger partial charge is 0.393 e. The predicted molar refractivity (Wildman–Crippen MR) is 74.2 cm³/mol. The van der Waals surface area contributed by atoms with Crippen molar-refractivity contribution in [3.8, 4) is 0 Å². The molecule has 5 nitrogen and oxygen atoms in total. The van der Waals surface area contributed by atoms with Gasteiger partial charge < -0.3 is 10.4 Å². The number of aliphatic hydroxyl groups is 1. The van der Waals surface area contributed by atoms with E-state index in [1.54, 1.807) is 0 Å². The molecule has 2 heterocycles. The first-order valence-electron chi connectivity index (χ1n) is 6.95. The van der Waals surface area contributed by atoms with Gasteiger partial charge in [-0.1, -0.05) is 6.07 Å². The summed E-state index contributed by atoms with van der Waals surface area (Å²) >= 11 is 0. The van der Waals surface area contributed by atoms with Crippen LogP contribution >= 0.6 is 0 Å². The summed E-state index contributed by atoms with van der Waals surface area (Å²) in [5.74, 6) is 1.31. The lowest BCUT2D eigenvalue weighted by molar-refractivity contribution is 0.111. The Hall–Kier alpha value is -1.62. The lowest BCUT2D eigenvalue weighted by Gasteiger charge is -2.25. The van der Waals surface area contributed by atoms with E-state index in [1.165, 1.54) is 5.56 Å². The minimum atomic E-state index is -0.0902. The van der Waals surface area contributed by atoms with Gasteiger partial charge in [-0.3, -0.25) is 0 Å². The molecule has 5 heteroatoms. The number of fused-ring (bicyclic) bond motifs is 1. The Morgan fingerprint density at radius 1 is 1.32 bits per heavy atom. The van der Waals surface area contributed by atoms with Crippen LogP contribution in [0.5, 0.6) is 0 Å². The topological polar surface area (TPSA) is 62.5 Å². The molecule has 2 aromatic heterocycles. The van der Waals surface area contributed by atoms with Crippen LogP contribution in [0.25, 0.3) is 5.65 Å². The number of rotatable bonds is 3. The number of hydrogen-bond donors (Lipinski definition) is 2. The molecular formula is C14H20N4O. The van der Waals surface area contributed by atoms with E-state index >= 15 is 0 Å². The first-order chi connectivity index (χ1) is 9.20. The van der Waals surface area contributed by atoms with Crippen LogP contribution in [0, 0.1) is 12.8 Å². The molecule has 0 radical (unpaired) electrons. The number of aliphatic hydroxyl groups excluding tert-OH is 1. The summed E-state index contributed by atoms with van der Waals surface area (Å²) in [6.45, 7) is 2.93. The molecule has 0 saturated heterocycles. The molecule has 1 saturated carbocycles. The SMILES string of the molecule is Cc1ccc2nc(NCC3CCC(O)CC3)nn2c1. The minimum absolute atomic E-state index is 0.0902. The average Bonchev–Trinajstić information content (AvgIpc) is 2.80. The maximum Gasteiger partial charge on any atom is 0.243 e. The van der Waals surface area contributed by atoms with E-state index in [4.69, 9.17) is 0 Å². The van der Waals surface area contributed by atoms with Gasteiger partial charge in [-0.05, 0) is 50.2 Å². The molecule has 0 spiro atoms. The summed E-state index contributed by atoms with van der Waals surface area (Å²) in [6, 6.07) is 4.01. The van der Waals surface area contributed by atoms with Crippen LogP contribution in [0.4, 0.5) is 5.95 Å². The predicted octanol–water partition coefficient (Wildman–Crippen LogP) is 2.00. The molecular weight excluding hydrogens is 240 g/mol. The molecule has 0 unspecified atom stereocenters. The molecule has 19 heavy (non-hydrogen) atoms. The fourth-order valence-electron chi connectivity index (χ4n) is 2.65. The summed E-state index contributed by atoms with van der Waals surface area (Å²) in [5.41, 5.74) is 2.04. The number of anilines is 1. The molecule has 1 aliphatic rings. The Kier molecular flexibility index (Phi) is 3.38. The number of aryl methyl sites for hydroxylation is 1. The zero-order chi connectivity index (χ0) is 13.2. The molecule has 1 aliphatic carbocycles. The van der Waals surface area contributed by atoms with Crippen LogP contribution < -0.4 is 5.32 Å². The summed E-state index contributed by atoms with van der Waals surface area (Å²) in [6.07, 6.45) is 5.90. The Bertz CT molecular complexity index is 558. The second kappa shape index (κ2) is 5.17. The first-order valence-corrected chi connectivity index (χ1v) is 6.95. The van der Waals surface area contributed by atoms with Gasteiger partial charge in [0.25, 0.3) is 0 Å². The molecule has 2 N–H and O–H groups in total. The van der Waals surface area contributed by atoms with Crippen LogP contribution in [0.15, 0.2) is 18.3 Å². The van der Waals surface area contributed by atoms with Crippen molar-refractivity contribution in [3.63, 3.8) is 0 Å². The van der Waals surface area contributed by atoms with Crippen molar-refractivity contribution in [1.82, 2.24) is 14.6 Å². The number of nitrogens with one attached hydrogen (secondary N) is 1. The van der Waals surface area contributed by atoms with Crippen LogP contribution in [0.1, 0.15) is 31.2 Å². The summed E-state index contributed by atoms with van der Waals surface area (Å²) < 4.78 is 1.81. The third-order valence-electron chi connectivity index (χ3n) is 3.84. The lowest BCUT2D eigenvalue weighted by atomic mass is 9.87. The standard InChI is InChI=1S/C14H20N4O/c1-10-2-7-13-16-14(17-18(13)9-10)15-8-11-3-5-12(19)6-4-11/h2,7,9,11-12,19H,3-6,8H2,1H3,(H,15,17). The maximum absolute atomic E-state index is 9.49. The Morgan fingerprint density at radius 3 is 2.89 bits per heavy atom. The Morgan fingerprint density at radius 2 is 2.11 bits per heavy atom. The molecule has 0 bridgehead atoms. The van der Waals surface area contributed by atoms with Crippen LogP contribution in [-0.4, -0.2) is 32.4 Å². The van der Waals surface area contributed by atoms with Crippen molar-refractivity contribution in [3.05, 3.63) is 23.9 Å². The second-order valence-corrected chi connectivity index (χ2v) is 5.50. The first kappa shape index (κ1) is 12.4. The molecule has 0 aliphatic heterocycles. The van der Waals surface area contributed by atoms with Crippen molar-refractivity contribution < 1.29 is 5.11 Å². The van der Waals surface area contributed by atoms with E-state index in [0.717, 1.165) is 37.9 Å². The molecule has 102 valence electrons. The maximum atomic E-state index is 9.49. The van der Waals surface area contributed by atoms with Crippen LogP contribution in [-0.2, 0) is 0 Å². The van der Waals surface area contributed by atoms with Crippen molar-refractivity contribution in [2.24, 2.45) is 5.92 Å². The van der Waals surface area contributed by atoms with Crippen molar-refractivity contribution in [2.75, 3.05) is 11.9 Å². The number of pyridine rings is 1.